The summed E-state index contributed by atoms with van der Waals surface area (Å²) in [5, 5.41) is 7.24. The van der Waals surface area contributed by atoms with E-state index in [0.717, 1.165) is 34.1 Å². The maximum absolute atomic E-state index is 2.48. The standard InChI is InChI=1S/C78H58N2/c1-77(2)70-36-22-20-34-60(70)62-42-38-58(48-72(62)77)79(54-30-16-8-17-31-54)56-40-44-64-68(46-56)69-47-57(80(55-32-18-9-19-33-55)59-39-43-63-61-35-21-23-37-71(61)78(3,4)73(63)49-59)41-45-65(69)76-74(53-28-14-7-15-29-53)66(51-24-10-5-11-25-51)50-67(75(64)76)52-26-12-6-13-27-52/h5-50H,1-4H3. The van der Waals surface area contributed by atoms with Gasteiger partial charge in [-0.3, -0.25) is 0 Å². The molecule has 0 aliphatic heterocycles. The first-order chi connectivity index (χ1) is 39.2. The molecule has 2 aliphatic rings. The number of hydrogen-bond acceptors (Lipinski definition) is 2. The maximum atomic E-state index is 2.48. The molecule has 0 saturated heterocycles. The molecule has 0 spiro atoms. The minimum Gasteiger partial charge on any atom is -0.310 e. The highest BCUT2D eigenvalue weighted by atomic mass is 15.1. The van der Waals surface area contributed by atoms with Crippen LogP contribution in [0.3, 0.4) is 0 Å². The molecule has 0 N–H and O–H groups in total. The fourth-order valence-electron chi connectivity index (χ4n) is 13.8. The lowest BCUT2D eigenvalue weighted by molar-refractivity contribution is 0.660. The van der Waals surface area contributed by atoms with E-state index in [1.807, 2.05) is 0 Å². The van der Waals surface area contributed by atoms with Crippen molar-refractivity contribution in [3.63, 3.8) is 0 Å². The summed E-state index contributed by atoms with van der Waals surface area (Å²) < 4.78 is 0. The molecule has 2 aliphatic carbocycles. The molecule has 13 aromatic rings. The first-order valence-electron chi connectivity index (χ1n) is 28.1. The molecule has 0 unspecified atom stereocenters. The van der Waals surface area contributed by atoms with Crippen LogP contribution in [-0.2, 0) is 10.8 Å². The second-order valence-electron chi connectivity index (χ2n) is 22.8. The van der Waals surface area contributed by atoms with Gasteiger partial charge < -0.3 is 9.80 Å². The van der Waals surface area contributed by atoms with Crippen molar-refractivity contribution in [2.75, 3.05) is 9.80 Å². The van der Waals surface area contributed by atoms with Crippen LogP contribution in [-0.4, -0.2) is 0 Å². The number of rotatable bonds is 9. The van der Waals surface area contributed by atoms with Gasteiger partial charge in [-0.05, 0) is 189 Å². The number of benzene rings is 13. The highest BCUT2D eigenvalue weighted by Gasteiger charge is 2.37. The van der Waals surface area contributed by atoms with Gasteiger partial charge in [-0.2, -0.15) is 0 Å². The van der Waals surface area contributed by atoms with Gasteiger partial charge in [-0.15, -0.1) is 0 Å². The second kappa shape index (κ2) is 18.4. The number of anilines is 6. The third-order valence-corrected chi connectivity index (χ3v) is 17.6. The largest absolute Gasteiger partial charge is 0.310 e. The van der Waals surface area contributed by atoms with E-state index in [0.29, 0.717) is 0 Å². The molecule has 0 heterocycles. The molecule has 0 aromatic heterocycles. The normalized spacial score (nSPS) is 13.4. The summed E-state index contributed by atoms with van der Waals surface area (Å²) in [5.74, 6) is 0. The van der Waals surface area contributed by atoms with E-state index in [-0.39, 0.29) is 10.8 Å². The lowest BCUT2D eigenvalue weighted by Crippen LogP contribution is -2.16. The van der Waals surface area contributed by atoms with Crippen molar-refractivity contribution in [3.8, 4) is 55.6 Å². The highest BCUT2D eigenvalue weighted by Crippen LogP contribution is 2.55. The van der Waals surface area contributed by atoms with Gasteiger partial charge in [-0.25, -0.2) is 0 Å². The molecule has 380 valence electrons. The Labute approximate surface area is 469 Å². The van der Waals surface area contributed by atoms with E-state index in [4.69, 9.17) is 0 Å². The minimum atomic E-state index is -0.164. The fourth-order valence-corrected chi connectivity index (χ4v) is 13.8. The molecule has 0 atom stereocenters. The van der Waals surface area contributed by atoms with Crippen molar-refractivity contribution in [1.82, 2.24) is 0 Å². The Kier molecular flexibility index (Phi) is 10.9. The lowest BCUT2D eigenvalue weighted by Gasteiger charge is -2.30. The summed E-state index contributed by atoms with van der Waals surface area (Å²) in [6.07, 6.45) is 0. The average Bonchev–Trinajstić information content (AvgIpc) is 3.93. The van der Waals surface area contributed by atoms with Crippen LogP contribution < -0.4 is 9.80 Å². The summed E-state index contributed by atoms with van der Waals surface area (Å²) in [6.45, 7) is 9.49. The maximum Gasteiger partial charge on any atom is 0.0468 e. The van der Waals surface area contributed by atoms with Crippen molar-refractivity contribution in [3.05, 3.63) is 301 Å². The van der Waals surface area contributed by atoms with Crippen molar-refractivity contribution in [1.29, 1.82) is 0 Å². The van der Waals surface area contributed by atoms with Crippen molar-refractivity contribution in [2.45, 2.75) is 38.5 Å². The van der Waals surface area contributed by atoms with Crippen LogP contribution in [0.15, 0.2) is 279 Å². The molecule has 0 amide bonds. The Bertz CT molecular complexity index is 4560. The molecule has 0 radical (unpaired) electrons. The summed E-state index contributed by atoms with van der Waals surface area (Å²) in [5.41, 5.74) is 24.2. The fraction of sp³-hybridized carbons (Fsp3) is 0.0769. The second-order valence-corrected chi connectivity index (χ2v) is 22.8. The molecular formula is C78H58N2. The van der Waals surface area contributed by atoms with Crippen LogP contribution in [0.25, 0.3) is 88.0 Å². The van der Waals surface area contributed by atoms with E-state index in [1.54, 1.807) is 0 Å². The number of para-hydroxylation sites is 2. The topological polar surface area (TPSA) is 6.48 Å². The van der Waals surface area contributed by atoms with Gasteiger partial charge in [0.2, 0.25) is 0 Å². The zero-order chi connectivity index (χ0) is 53.7. The minimum absolute atomic E-state index is 0.161. The number of nitrogens with zero attached hydrogens (tertiary/aromatic N) is 2. The van der Waals surface area contributed by atoms with E-state index in [9.17, 15) is 0 Å². The van der Waals surface area contributed by atoms with Crippen molar-refractivity contribution in [2.24, 2.45) is 0 Å². The first kappa shape index (κ1) is 47.5. The third-order valence-electron chi connectivity index (χ3n) is 17.6. The smallest absolute Gasteiger partial charge is 0.0468 e. The van der Waals surface area contributed by atoms with Gasteiger partial charge in [0, 0.05) is 45.0 Å². The van der Waals surface area contributed by atoms with Crippen molar-refractivity contribution >= 4 is 66.4 Å². The average molecular weight is 1020 g/mol. The van der Waals surface area contributed by atoms with E-state index >= 15 is 0 Å². The molecular weight excluding hydrogens is 965 g/mol. The van der Waals surface area contributed by atoms with Crippen LogP contribution in [0, 0.1) is 0 Å². The van der Waals surface area contributed by atoms with Gasteiger partial charge in [0.25, 0.3) is 0 Å². The van der Waals surface area contributed by atoms with Gasteiger partial charge >= 0.3 is 0 Å². The SMILES string of the molecule is CC1(C)c2ccccc2-c2ccc(N(c3ccccc3)c3ccc4c(c3)c3cc(N(c5ccccc5)c5ccc6c(c5)C(C)(C)c5ccccc5-6)ccc3c3c(-c5ccccc5)c(-c5ccccc5)cc(-c5ccccc5)c43)cc21. The molecule has 0 bridgehead atoms. The van der Waals surface area contributed by atoms with Gasteiger partial charge in [0.05, 0.1) is 0 Å². The molecule has 0 saturated carbocycles. The van der Waals surface area contributed by atoms with Gasteiger partial charge in [0.15, 0.2) is 0 Å². The Morgan fingerprint density at radius 3 is 1.04 bits per heavy atom. The Morgan fingerprint density at radius 1 is 0.225 bits per heavy atom. The zero-order valence-electron chi connectivity index (χ0n) is 45.5. The lowest BCUT2D eigenvalue weighted by atomic mass is 9.81. The van der Waals surface area contributed by atoms with Crippen LogP contribution in [0.5, 0.6) is 0 Å². The van der Waals surface area contributed by atoms with E-state index in [2.05, 4.69) is 317 Å². The molecule has 15 rings (SSSR count). The van der Waals surface area contributed by atoms with Crippen molar-refractivity contribution < 1.29 is 0 Å². The van der Waals surface area contributed by atoms with Crippen LogP contribution in [0.2, 0.25) is 0 Å². The highest BCUT2D eigenvalue weighted by molar-refractivity contribution is 6.33. The molecule has 80 heavy (non-hydrogen) atoms. The first-order valence-corrected chi connectivity index (χ1v) is 28.1. The molecule has 2 heteroatoms. The van der Waals surface area contributed by atoms with E-state index in [1.165, 1.54) is 110 Å². The van der Waals surface area contributed by atoms with Crippen LogP contribution in [0.1, 0.15) is 49.9 Å². The summed E-state index contributed by atoms with van der Waals surface area (Å²) in [7, 11) is 0. The Balaban J connectivity index is 1.05. The number of hydrogen-bond donors (Lipinski definition) is 0. The summed E-state index contributed by atoms with van der Waals surface area (Å²) in [6, 6.07) is 104. The van der Waals surface area contributed by atoms with Crippen LogP contribution >= 0.6 is 0 Å². The molecule has 0 fully saturated rings. The van der Waals surface area contributed by atoms with Gasteiger partial charge in [-0.1, -0.05) is 228 Å². The Morgan fingerprint density at radius 2 is 0.575 bits per heavy atom. The summed E-state index contributed by atoms with van der Waals surface area (Å²) >= 11 is 0. The van der Waals surface area contributed by atoms with Gasteiger partial charge in [0.1, 0.15) is 0 Å². The summed E-state index contributed by atoms with van der Waals surface area (Å²) in [4.78, 5) is 4.93. The zero-order valence-corrected chi connectivity index (χ0v) is 45.5. The molecule has 2 nitrogen and oxygen atoms in total. The van der Waals surface area contributed by atoms with Crippen LogP contribution in [0.4, 0.5) is 34.1 Å². The third kappa shape index (κ3) is 7.40. The quantitative estimate of drug-likeness (QED) is 0.133. The number of fused-ring (bicyclic) bond motifs is 12. The molecule has 13 aromatic carbocycles. The Hall–Kier alpha value is -9.76. The monoisotopic (exact) mass is 1020 g/mol. The van der Waals surface area contributed by atoms with E-state index < -0.39 is 0 Å². The predicted molar refractivity (Wildman–Crippen MR) is 340 cm³/mol. The predicted octanol–water partition coefficient (Wildman–Crippen LogP) is 21.7.